The molecular formula is C24H22Cl2N2O4S. The number of thioether (sulfide) groups is 1. The van der Waals surface area contributed by atoms with Gasteiger partial charge in [-0.15, -0.1) is 0 Å². The number of carbonyl (C=O) groups is 3. The summed E-state index contributed by atoms with van der Waals surface area (Å²) in [5.74, 6) is -0.180. The monoisotopic (exact) mass is 504 g/mol. The van der Waals surface area contributed by atoms with Gasteiger partial charge in [0.2, 0.25) is 5.91 Å². The fraction of sp³-hybridized carbons (Fsp3) is 0.292. The Morgan fingerprint density at radius 1 is 1.03 bits per heavy atom. The summed E-state index contributed by atoms with van der Waals surface area (Å²) in [5.41, 5.74) is 1.49. The minimum absolute atomic E-state index is 0.193. The molecule has 0 aliphatic carbocycles. The third kappa shape index (κ3) is 5.72. The lowest BCUT2D eigenvalue weighted by atomic mass is 10.1. The van der Waals surface area contributed by atoms with E-state index in [1.165, 1.54) is 0 Å². The van der Waals surface area contributed by atoms with E-state index in [0.29, 0.717) is 34.4 Å². The number of likely N-dealkylation sites (tertiary alicyclic amines) is 1. The Morgan fingerprint density at radius 3 is 2.52 bits per heavy atom. The molecule has 33 heavy (non-hydrogen) atoms. The highest BCUT2D eigenvalue weighted by Gasteiger charge is 2.37. The van der Waals surface area contributed by atoms with Gasteiger partial charge in [-0.05, 0) is 60.9 Å². The number of piperidine rings is 1. The van der Waals surface area contributed by atoms with Crippen LogP contribution in [0.2, 0.25) is 10.0 Å². The molecule has 0 unspecified atom stereocenters. The largest absolute Gasteiger partial charge is 0.487 e. The fourth-order valence-corrected chi connectivity index (χ4v) is 4.93. The molecular weight excluding hydrogens is 483 g/mol. The van der Waals surface area contributed by atoms with Crippen LogP contribution in [0.1, 0.15) is 30.4 Å². The Bertz CT molecular complexity index is 1120. The molecule has 0 radical (unpaired) electrons. The van der Waals surface area contributed by atoms with Crippen molar-refractivity contribution in [3.05, 3.63) is 68.5 Å². The van der Waals surface area contributed by atoms with Gasteiger partial charge < -0.3 is 9.64 Å². The van der Waals surface area contributed by atoms with Crippen LogP contribution in [0.15, 0.2) is 47.4 Å². The molecule has 0 bridgehead atoms. The van der Waals surface area contributed by atoms with E-state index in [4.69, 9.17) is 27.9 Å². The molecule has 2 aromatic rings. The number of amides is 3. The molecule has 0 atom stereocenters. The van der Waals surface area contributed by atoms with Gasteiger partial charge in [-0.25, -0.2) is 0 Å². The van der Waals surface area contributed by atoms with Crippen molar-refractivity contribution in [1.29, 1.82) is 0 Å². The smallest absolute Gasteiger partial charge is 0.294 e. The Kier molecular flexibility index (Phi) is 7.63. The molecule has 6 nitrogen and oxygen atoms in total. The lowest BCUT2D eigenvalue weighted by Crippen LogP contribution is -2.44. The minimum atomic E-state index is -0.467. The van der Waals surface area contributed by atoms with E-state index in [0.717, 1.165) is 41.5 Å². The lowest BCUT2D eigenvalue weighted by Gasteiger charge is -2.27. The summed E-state index contributed by atoms with van der Waals surface area (Å²) in [6, 6.07) is 12.5. The first-order valence-electron chi connectivity index (χ1n) is 10.6. The number of benzene rings is 2. The summed E-state index contributed by atoms with van der Waals surface area (Å²) in [4.78, 5) is 40.6. The molecule has 2 saturated heterocycles. The van der Waals surface area contributed by atoms with Gasteiger partial charge in [0.15, 0.2) is 0 Å². The van der Waals surface area contributed by atoms with Crippen molar-refractivity contribution in [2.45, 2.75) is 25.9 Å². The van der Waals surface area contributed by atoms with E-state index in [9.17, 15) is 14.4 Å². The van der Waals surface area contributed by atoms with Crippen LogP contribution in [0.5, 0.6) is 5.75 Å². The van der Waals surface area contributed by atoms with E-state index >= 15 is 0 Å². The SMILES string of the molecule is O=C(CN1C(=O)S/C(=C\c2ccc(OCc3ccccc3Cl)c(Cl)c2)C1=O)N1CCCCC1. The highest BCUT2D eigenvalue weighted by molar-refractivity contribution is 8.18. The molecule has 0 saturated carbocycles. The van der Waals surface area contributed by atoms with E-state index in [2.05, 4.69) is 0 Å². The topological polar surface area (TPSA) is 66.9 Å². The summed E-state index contributed by atoms with van der Waals surface area (Å²) in [6.07, 6.45) is 4.60. The molecule has 2 aliphatic rings. The van der Waals surface area contributed by atoms with Crippen LogP contribution in [-0.2, 0) is 16.2 Å². The average molecular weight is 505 g/mol. The lowest BCUT2D eigenvalue weighted by molar-refractivity contribution is -0.136. The number of carbonyl (C=O) groups excluding carboxylic acids is 3. The number of rotatable bonds is 6. The van der Waals surface area contributed by atoms with Crippen LogP contribution < -0.4 is 4.74 Å². The maximum atomic E-state index is 12.8. The maximum Gasteiger partial charge on any atom is 0.294 e. The Labute approximate surface area is 206 Å². The standard InChI is InChI=1S/C24H22Cl2N2O4S/c25-18-7-3-2-6-17(18)15-32-20-9-8-16(12-19(20)26)13-21-23(30)28(24(31)33-21)14-22(29)27-10-4-1-5-11-27/h2-3,6-9,12-13H,1,4-5,10-11,14-15H2/b21-13-. The fourth-order valence-electron chi connectivity index (χ4n) is 3.66. The van der Waals surface area contributed by atoms with Gasteiger partial charge >= 0.3 is 0 Å². The predicted molar refractivity (Wildman–Crippen MR) is 130 cm³/mol. The summed E-state index contributed by atoms with van der Waals surface area (Å²) in [5, 5.41) is 0.539. The van der Waals surface area contributed by atoms with Crippen molar-refractivity contribution in [2.24, 2.45) is 0 Å². The van der Waals surface area contributed by atoms with Crippen LogP contribution in [0.4, 0.5) is 4.79 Å². The first-order chi connectivity index (χ1) is 15.9. The molecule has 0 aromatic heterocycles. The van der Waals surface area contributed by atoms with Gasteiger partial charge in [0, 0.05) is 23.7 Å². The number of hydrogen-bond acceptors (Lipinski definition) is 5. The molecule has 0 N–H and O–H groups in total. The molecule has 0 spiro atoms. The van der Waals surface area contributed by atoms with Crippen LogP contribution in [0, 0.1) is 0 Å². The van der Waals surface area contributed by atoms with Crippen molar-refractivity contribution in [3.63, 3.8) is 0 Å². The van der Waals surface area contributed by atoms with E-state index in [1.54, 1.807) is 35.2 Å². The minimum Gasteiger partial charge on any atom is -0.487 e. The highest BCUT2D eigenvalue weighted by Crippen LogP contribution is 2.34. The first-order valence-corrected chi connectivity index (χ1v) is 12.2. The van der Waals surface area contributed by atoms with E-state index in [1.807, 2.05) is 18.2 Å². The van der Waals surface area contributed by atoms with Crippen LogP contribution in [-0.4, -0.2) is 46.5 Å². The second-order valence-corrected chi connectivity index (χ2v) is 9.59. The quantitative estimate of drug-likeness (QED) is 0.477. The molecule has 2 aliphatic heterocycles. The molecule has 2 heterocycles. The van der Waals surface area contributed by atoms with Gasteiger partial charge in [0.25, 0.3) is 11.1 Å². The van der Waals surface area contributed by atoms with Crippen LogP contribution >= 0.6 is 35.0 Å². The van der Waals surface area contributed by atoms with Crippen molar-refractivity contribution in [3.8, 4) is 5.75 Å². The van der Waals surface area contributed by atoms with E-state index < -0.39 is 11.1 Å². The van der Waals surface area contributed by atoms with Crippen molar-refractivity contribution in [2.75, 3.05) is 19.6 Å². The number of ether oxygens (including phenoxy) is 1. The van der Waals surface area contributed by atoms with E-state index in [-0.39, 0.29) is 24.0 Å². The predicted octanol–water partition coefficient (Wildman–Crippen LogP) is 5.62. The summed E-state index contributed by atoms with van der Waals surface area (Å²) in [7, 11) is 0. The third-order valence-corrected chi connectivity index (χ3v) is 7.04. The maximum absolute atomic E-state index is 12.8. The normalized spacial score (nSPS) is 17.7. The first kappa shape index (κ1) is 23.7. The molecule has 172 valence electrons. The number of hydrogen-bond donors (Lipinski definition) is 0. The van der Waals surface area contributed by atoms with Crippen molar-refractivity contribution in [1.82, 2.24) is 9.80 Å². The zero-order valence-electron chi connectivity index (χ0n) is 17.8. The molecule has 2 aromatic carbocycles. The second kappa shape index (κ2) is 10.6. The third-order valence-electron chi connectivity index (χ3n) is 5.47. The van der Waals surface area contributed by atoms with Gasteiger partial charge in [-0.2, -0.15) is 0 Å². The van der Waals surface area contributed by atoms with Crippen molar-refractivity contribution >= 4 is 58.1 Å². The summed E-state index contributed by atoms with van der Waals surface area (Å²) < 4.78 is 5.77. The van der Waals surface area contributed by atoms with Gasteiger partial charge in [0.05, 0.1) is 9.93 Å². The number of imide groups is 1. The molecule has 9 heteroatoms. The zero-order valence-corrected chi connectivity index (χ0v) is 20.1. The Balaban J connectivity index is 1.41. The van der Waals surface area contributed by atoms with Crippen molar-refractivity contribution < 1.29 is 19.1 Å². The number of halogens is 2. The average Bonchev–Trinajstić information content (AvgIpc) is 3.07. The number of nitrogens with zero attached hydrogens (tertiary/aromatic N) is 2. The van der Waals surface area contributed by atoms with Gasteiger partial charge in [0.1, 0.15) is 18.9 Å². The second-order valence-electron chi connectivity index (χ2n) is 7.78. The Morgan fingerprint density at radius 2 is 1.79 bits per heavy atom. The molecule has 2 fully saturated rings. The highest BCUT2D eigenvalue weighted by atomic mass is 35.5. The van der Waals surface area contributed by atoms with Gasteiger partial charge in [-0.3, -0.25) is 19.3 Å². The van der Waals surface area contributed by atoms with Crippen LogP contribution in [0.3, 0.4) is 0 Å². The Hall–Kier alpha value is -2.48. The summed E-state index contributed by atoms with van der Waals surface area (Å²) >= 11 is 13.3. The van der Waals surface area contributed by atoms with Gasteiger partial charge in [-0.1, -0.05) is 47.5 Å². The molecule has 4 rings (SSSR count). The van der Waals surface area contributed by atoms with Crippen LogP contribution in [0.25, 0.3) is 6.08 Å². The zero-order chi connectivity index (χ0) is 23.4. The summed E-state index contributed by atoms with van der Waals surface area (Å²) in [6.45, 7) is 1.39. The molecule has 3 amide bonds.